The molecule has 1 nitrogen and oxygen atoms in total. The molecule has 0 heterocycles. The second kappa shape index (κ2) is 5.86. The topological polar surface area (TPSA) is 9.23 Å². The highest BCUT2D eigenvalue weighted by molar-refractivity contribution is 7.80. The maximum absolute atomic E-state index is 5.26. The van der Waals surface area contributed by atoms with Gasteiger partial charge in [0, 0.05) is 6.42 Å². The van der Waals surface area contributed by atoms with Gasteiger partial charge in [-0.3, -0.25) is 0 Å². The highest BCUT2D eigenvalue weighted by atomic mass is 32.1. The Hall–Kier alpha value is -0.890. The van der Waals surface area contributed by atoms with Gasteiger partial charge < -0.3 is 4.74 Å². The molecule has 0 fully saturated rings. The van der Waals surface area contributed by atoms with Gasteiger partial charge in [-0.1, -0.05) is 29.3 Å². The maximum Gasteiger partial charge on any atom is 0.159 e. The Morgan fingerprint density at radius 1 is 1.20 bits per heavy atom. The quantitative estimate of drug-likeness (QED) is 0.720. The van der Waals surface area contributed by atoms with Crippen molar-refractivity contribution in [3.63, 3.8) is 0 Å². The van der Waals surface area contributed by atoms with E-state index in [9.17, 15) is 0 Å². The summed E-state index contributed by atoms with van der Waals surface area (Å²) in [6.45, 7) is 6.88. The monoisotopic (exact) mass is 222 g/mol. The number of hydrogen-bond acceptors (Lipinski definition) is 2. The predicted molar refractivity (Wildman–Crippen MR) is 68.5 cm³/mol. The van der Waals surface area contributed by atoms with Gasteiger partial charge >= 0.3 is 0 Å². The van der Waals surface area contributed by atoms with Crippen LogP contribution in [-0.4, -0.2) is 11.7 Å². The molecule has 0 aliphatic carbocycles. The Kier molecular flexibility index (Phi) is 4.76. The van der Waals surface area contributed by atoms with Gasteiger partial charge in [0.25, 0.3) is 0 Å². The van der Waals surface area contributed by atoms with Crippen LogP contribution < -0.4 is 0 Å². The Balaban J connectivity index is 2.54. The summed E-state index contributed by atoms with van der Waals surface area (Å²) in [4.78, 5) is 0. The normalized spacial score (nSPS) is 10.1. The summed E-state index contributed by atoms with van der Waals surface area (Å²) in [5, 5.41) is 0.719. The van der Waals surface area contributed by atoms with Crippen molar-refractivity contribution in [2.24, 2.45) is 0 Å². The van der Waals surface area contributed by atoms with Crippen LogP contribution in [0, 0.1) is 13.8 Å². The van der Waals surface area contributed by atoms with E-state index in [1.165, 1.54) is 16.7 Å². The van der Waals surface area contributed by atoms with E-state index >= 15 is 0 Å². The minimum Gasteiger partial charge on any atom is -0.487 e. The van der Waals surface area contributed by atoms with Gasteiger partial charge in [-0.25, -0.2) is 0 Å². The first-order valence-corrected chi connectivity index (χ1v) is 5.75. The molecule has 0 aliphatic heterocycles. The molecule has 2 heteroatoms. The van der Waals surface area contributed by atoms with Crippen molar-refractivity contribution in [3.8, 4) is 0 Å². The lowest BCUT2D eigenvalue weighted by atomic mass is 10.0. The molecule has 1 aromatic rings. The summed E-state index contributed by atoms with van der Waals surface area (Å²) < 4.78 is 5.26. The zero-order valence-corrected chi connectivity index (χ0v) is 10.5. The summed E-state index contributed by atoms with van der Waals surface area (Å²) >= 11 is 5.10. The summed E-state index contributed by atoms with van der Waals surface area (Å²) in [7, 11) is 0. The Morgan fingerprint density at radius 3 is 2.33 bits per heavy atom. The van der Waals surface area contributed by atoms with Crippen molar-refractivity contribution < 1.29 is 4.74 Å². The van der Waals surface area contributed by atoms with Crippen LogP contribution in [0.1, 0.15) is 30.0 Å². The molecule has 0 N–H and O–H groups in total. The maximum atomic E-state index is 5.26. The average Bonchev–Trinajstić information content (AvgIpc) is 2.14. The lowest BCUT2D eigenvalue weighted by Gasteiger charge is -2.06. The molecule has 0 atom stereocenters. The minimum atomic E-state index is 0.672. The summed E-state index contributed by atoms with van der Waals surface area (Å²) in [6, 6.07) is 6.60. The molecule has 15 heavy (non-hydrogen) atoms. The van der Waals surface area contributed by atoms with Gasteiger partial charge in [0.2, 0.25) is 0 Å². The third kappa shape index (κ3) is 4.43. The first kappa shape index (κ1) is 12.2. The van der Waals surface area contributed by atoms with E-state index in [1.54, 1.807) is 0 Å². The zero-order chi connectivity index (χ0) is 11.3. The summed E-state index contributed by atoms with van der Waals surface area (Å²) in [6.07, 6.45) is 1.81. The fourth-order valence-corrected chi connectivity index (χ4v) is 1.91. The number of rotatable bonds is 4. The molecule has 0 saturated carbocycles. The number of hydrogen-bond donors (Lipinski definition) is 0. The zero-order valence-electron chi connectivity index (χ0n) is 9.67. The van der Waals surface area contributed by atoms with Crippen LogP contribution in [-0.2, 0) is 11.2 Å². The van der Waals surface area contributed by atoms with Gasteiger partial charge in [-0.15, -0.1) is 0 Å². The molecular weight excluding hydrogens is 204 g/mol. The standard InChI is InChI=1S/C13H18OS/c1-4-14-13(15)6-5-12-8-10(2)7-11(3)9-12/h7-9H,4-6H2,1-3H3. The molecule has 0 bridgehead atoms. The van der Waals surface area contributed by atoms with Crippen LogP contribution in [0.3, 0.4) is 0 Å². The summed E-state index contributed by atoms with van der Waals surface area (Å²) in [5.74, 6) is 0. The number of thiocarbonyl (C=S) groups is 1. The minimum absolute atomic E-state index is 0.672. The number of aryl methyl sites for hydroxylation is 3. The van der Waals surface area contributed by atoms with E-state index < -0.39 is 0 Å². The SMILES string of the molecule is CCOC(=S)CCc1cc(C)cc(C)c1. The molecular formula is C13H18OS. The van der Waals surface area contributed by atoms with Crippen molar-refractivity contribution in [3.05, 3.63) is 34.9 Å². The van der Waals surface area contributed by atoms with Crippen molar-refractivity contribution in [1.82, 2.24) is 0 Å². The lowest BCUT2D eigenvalue weighted by molar-refractivity contribution is 0.327. The second-order valence-corrected chi connectivity index (χ2v) is 4.26. The van der Waals surface area contributed by atoms with Crippen LogP contribution in [0.4, 0.5) is 0 Å². The molecule has 0 aliphatic rings. The Bertz CT molecular complexity index is 324. The van der Waals surface area contributed by atoms with E-state index in [2.05, 4.69) is 32.0 Å². The van der Waals surface area contributed by atoms with Crippen molar-refractivity contribution in [2.75, 3.05) is 6.61 Å². The molecule has 1 aromatic carbocycles. The number of ether oxygens (including phenoxy) is 1. The molecule has 82 valence electrons. The first-order valence-electron chi connectivity index (χ1n) is 5.34. The molecule has 0 amide bonds. The third-order valence-electron chi connectivity index (χ3n) is 2.20. The van der Waals surface area contributed by atoms with Gasteiger partial charge in [0.15, 0.2) is 5.05 Å². The molecule has 0 saturated heterocycles. The van der Waals surface area contributed by atoms with E-state index in [-0.39, 0.29) is 0 Å². The Morgan fingerprint density at radius 2 is 1.80 bits per heavy atom. The third-order valence-corrected chi connectivity index (χ3v) is 2.53. The van der Waals surface area contributed by atoms with E-state index in [0.29, 0.717) is 6.61 Å². The fourth-order valence-electron chi connectivity index (χ4n) is 1.69. The first-order chi connectivity index (χ1) is 7.11. The van der Waals surface area contributed by atoms with Crippen LogP contribution in [0.15, 0.2) is 18.2 Å². The van der Waals surface area contributed by atoms with Crippen molar-refractivity contribution >= 4 is 17.3 Å². The smallest absolute Gasteiger partial charge is 0.159 e. The van der Waals surface area contributed by atoms with Gasteiger partial charge in [-0.05, 0) is 45.0 Å². The van der Waals surface area contributed by atoms with E-state index in [4.69, 9.17) is 17.0 Å². The Labute approximate surface area is 97.5 Å². The van der Waals surface area contributed by atoms with Gasteiger partial charge in [-0.2, -0.15) is 0 Å². The van der Waals surface area contributed by atoms with E-state index in [1.807, 2.05) is 6.92 Å². The highest BCUT2D eigenvalue weighted by Gasteiger charge is 2.00. The summed E-state index contributed by atoms with van der Waals surface area (Å²) in [5.41, 5.74) is 3.97. The van der Waals surface area contributed by atoms with Crippen molar-refractivity contribution in [2.45, 2.75) is 33.6 Å². The van der Waals surface area contributed by atoms with Gasteiger partial charge in [0.1, 0.15) is 0 Å². The largest absolute Gasteiger partial charge is 0.487 e. The van der Waals surface area contributed by atoms with E-state index in [0.717, 1.165) is 17.9 Å². The molecule has 0 aromatic heterocycles. The number of benzene rings is 1. The molecule has 0 spiro atoms. The predicted octanol–water partition coefficient (Wildman–Crippen LogP) is 3.60. The lowest BCUT2D eigenvalue weighted by Crippen LogP contribution is -2.03. The van der Waals surface area contributed by atoms with Crippen LogP contribution >= 0.6 is 12.2 Å². The second-order valence-electron chi connectivity index (χ2n) is 3.80. The average molecular weight is 222 g/mol. The molecule has 1 rings (SSSR count). The highest BCUT2D eigenvalue weighted by Crippen LogP contribution is 2.11. The van der Waals surface area contributed by atoms with Crippen molar-refractivity contribution in [1.29, 1.82) is 0 Å². The van der Waals surface area contributed by atoms with Crippen LogP contribution in [0.2, 0.25) is 0 Å². The van der Waals surface area contributed by atoms with Gasteiger partial charge in [0.05, 0.1) is 6.61 Å². The van der Waals surface area contributed by atoms with Crippen LogP contribution in [0.25, 0.3) is 0 Å². The molecule has 0 radical (unpaired) electrons. The van der Waals surface area contributed by atoms with Crippen LogP contribution in [0.5, 0.6) is 0 Å². The molecule has 0 unspecified atom stereocenters. The fraction of sp³-hybridized carbons (Fsp3) is 0.462.